The Kier molecular flexibility index (Phi) is 5.94. The van der Waals surface area contributed by atoms with Crippen LogP contribution < -0.4 is 0 Å². The first-order chi connectivity index (χ1) is 7.86. The van der Waals surface area contributed by atoms with Gasteiger partial charge in [0, 0.05) is 5.57 Å². The Morgan fingerprint density at radius 1 is 1.25 bits per heavy atom. The van der Waals surface area contributed by atoms with E-state index in [0.717, 1.165) is 23.8 Å². The van der Waals surface area contributed by atoms with Gasteiger partial charge in [0.15, 0.2) is 0 Å². The predicted molar refractivity (Wildman–Crippen MR) is 69.1 cm³/mol. The van der Waals surface area contributed by atoms with Gasteiger partial charge in [-0.15, -0.1) is 0 Å². The molecule has 1 rings (SSSR count). The minimum Gasteiger partial charge on any atom is -0.298 e. The molecule has 0 aromatic heterocycles. The van der Waals surface area contributed by atoms with Gasteiger partial charge in [0.25, 0.3) is 0 Å². The first kappa shape index (κ1) is 12.4. The largest absolute Gasteiger partial charge is 0.298 e. The van der Waals surface area contributed by atoms with E-state index in [-0.39, 0.29) is 0 Å². The van der Waals surface area contributed by atoms with Crippen LogP contribution in [-0.2, 0) is 4.79 Å². The molecule has 0 saturated carbocycles. The van der Waals surface area contributed by atoms with Gasteiger partial charge in [0.1, 0.15) is 6.29 Å². The van der Waals surface area contributed by atoms with Gasteiger partial charge < -0.3 is 0 Å². The fourth-order valence-corrected chi connectivity index (χ4v) is 1.40. The second-order valence-electron chi connectivity index (χ2n) is 3.72. The van der Waals surface area contributed by atoms with E-state index in [1.807, 2.05) is 42.5 Å². The number of carbonyl (C=O) groups is 1. The molecule has 0 atom stereocenters. The zero-order chi connectivity index (χ0) is 11.6. The fourth-order valence-electron chi connectivity index (χ4n) is 1.40. The number of hydrogen-bond donors (Lipinski definition) is 0. The third-order valence-electron chi connectivity index (χ3n) is 2.30. The predicted octanol–water partition coefficient (Wildman–Crippen LogP) is 4.02. The van der Waals surface area contributed by atoms with E-state index in [9.17, 15) is 4.79 Å². The molecule has 0 aliphatic rings. The van der Waals surface area contributed by atoms with Crippen LogP contribution in [0.2, 0.25) is 0 Å². The first-order valence-corrected chi connectivity index (χ1v) is 5.75. The third-order valence-corrected chi connectivity index (χ3v) is 2.30. The normalized spacial score (nSPS) is 11.9. The van der Waals surface area contributed by atoms with Crippen LogP contribution >= 0.6 is 0 Å². The molecule has 1 aromatic rings. The van der Waals surface area contributed by atoms with Gasteiger partial charge in [-0.1, -0.05) is 62.2 Å². The molecule has 0 aliphatic carbocycles. The lowest BCUT2D eigenvalue weighted by molar-refractivity contribution is -0.104. The highest BCUT2D eigenvalue weighted by atomic mass is 16.1. The summed E-state index contributed by atoms with van der Waals surface area (Å²) in [5, 5.41) is 0. The lowest BCUT2D eigenvalue weighted by atomic mass is 10.1. The molecule has 0 aliphatic heterocycles. The van der Waals surface area contributed by atoms with E-state index < -0.39 is 0 Å². The van der Waals surface area contributed by atoms with Crippen LogP contribution in [0.25, 0.3) is 6.08 Å². The molecule has 1 nitrogen and oxygen atoms in total. The summed E-state index contributed by atoms with van der Waals surface area (Å²) in [4.78, 5) is 10.9. The zero-order valence-corrected chi connectivity index (χ0v) is 9.73. The van der Waals surface area contributed by atoms with E-state index >= 15 is 0 Å². The quantitative estimate of drug-likeness (QED) is 0.302. The van der Waals surface area contributed by atoms with Crippen LogP contribution in [0.4, 0.5) is 0 Å². The zero-order valence-electron chi connectivity index (χ0n) is 9.73. The van der Waals surface area contributed by atoms with Crippen molar-refractivity contribution in [1.29, 1.82) is 0 Å². The molecular formula is C15H18O. The smallest absolute Gasteiger partial charge is 0.150 e. The molecule has 0 saturated heterocycles. The Bertz CT molecular complexity index is 360. The van der Waals surface area contributed by atoms with Crippen molar-refractivity contribution < 1.29 is 4.79 Å². The highest BCUT2D eigenvalue weighted by molar-refractivity contribution is 5.85. The number of benzene rings is 1. The molecule has 0 radical (unpaired) electrons. The minimum atomic E-state index is 0.724. The van der Waals surface area contributed by atoms with Gasteiger partial charge in [-0.3, -0.25) is 4.79 Å². The highest BCUT2D eigenvalue weighted by Gasteiger charge is 1.90. The molecule has 0 bridgehead atoms. The number of aldehydes is 1. The second-order valence-corrected chi connectivity index (χ2v) is 3.72. The Hall–Kier alpha value is -1.63. The summed E-state index contributed by atoms with van der Waals surface area (Å²) in [6, 6.07) is 9.88. The maximum atomic E-state index is 10.9. The van der Waals surface area contributed by atoms with Gasteiger partial charge in [-0.25, -0.2) is 0 Å². The summed E-state index contributed by atoms with van der Waals surface area (Å²) in [6.45, 7) is 2.16. The molecule has 0 fully saturated rings. The van der Waals surface area contributed by atoms with Crippen molar-refractivity contribution in [3.8, 4) is 0 Å². The number of hydrogen-bond acceptors (Lipinski definition) is 1. The van der Waals surface area contributed by atoms with E-state index in [0.29, 0.717) is 0 Å². The minimum absolute atomic E-state index is 0.724. The summed E-state index contributed by atoms with van der Waals surface area (Å²) in [5.41, 5.74) is 1.78. The van der Waals surface area contributed by atoms with E-state index in [1.165, 1.54) is 12.8 Å². The van der Waals surface area contributed by atoms with Crippen molar-refractivity contribution in [2.45, 2.75) is 26.2 Å². The van der Waals surface area contributed by atoms with Gasteiger partial charge in [0.2, 0.25) is 0 Å². The average Bonchev–Trinajstić information content (AvgIpc) is 2.34. The molecule has 0 heterocycles. The summed E-state index contributed by atoms with van der Waals surface area (Å²) >= 11 is 0. The van der Waals surface area contributed by atoms with Crippen molar-refractivity contribution in [3.05, 3.63) is 53.6 Å². The topological polar surface area (TPSA) is 17.1 Å². The van der Waals surface area contributed by atoms with Crippen molar-refractivity contribution in [2.75, 3.05) is 0 Å². The number of rotatable bonds is 6. The molecular weight excluding hydrogens is 196 g/mol. The van der Waals surface area contributed by atoms with Crippen molar-refractivity contribution >= 4 is 12.4 Å². The van der Waals surface area contributed by atoms with Crippen LogP contribution in [0.5, 0.6) is 0 Å². The van der Waals surface area contributed by atoms with Crippen LogP contribution in [0.1, 0.15) is 31.7 Å². The summed E-state index contributed by atoms with van der Waals surface area (Å²) < 4.78 is 0. The van der Waals surface area contributed by atoms with Crippen LogP contribution in [0.15, 0.2) is 48.1 Å². The monoisotopic (exact) mass is 214 g/mol. The number of unbranched alkanes of at least 4 members (excludes halogenated alkanes) is 2. The molecule has 0 amide bonds. The fraction of sp³-hybridized carbons (Fsp3) is 0.267. The molecule has 0 N–H and O–H groups in total. The van der Waals surface area contributed by atoms with Crippen molar-refractivity contribution in [1.82, 2.24) is 0 Å². The molecule has 0 spiro atoms. The summed E-state index contributed by atoms with van der Waals surface area (Å²) in [7, 11) is 0. The second kappa shape index (κ2) is 7.63. The molecule has 1 aromatic carbocycles. The van der Waals surface area contributed by atoms with Gasteiger partial charge in [0.05, 0.1) is 0 Å². The maximum Gasteiger partial charge on any atom is 0.150 e. The Morgan fingerprint density at radius 3 is 2.62 bits per heavy atom. The van der Waals surface area contributed by atoms with Crippen molar-refractivity contribution in [3.63, 3.8) is 0 Å². The highest BCUT2D eigenvalue weighted by Crippen LogP contribution is 2.07. The van der Waals surface area contributed by atoms with Gasteiger partial charge >= 0.3 is 0 Å². The van der Waals surface area contributed by atoms with E-state index in [2.05, 4.69) is 13.0 Å². The van der Waals surface area contributed by atoms with Crippen LogP contribution in [0.3, 0.4) is 0 Å². The van der Waals surface area contributed by atoms with Gasteiger partial charge in [-0.2, -0.15) is 0 Å². The Balaban J connectivity index is 2.64. The first-order valence-electron chi connectivity index (χ1n) is 5.75. The van der Waals surface area contributed by atoms with Crippen LogP contribution in [0, 0.1) is 0 Å². The Morgan fingerprint density at radius 2 is 2.00 bits per heavy atom. The average molecular weight is 214 g/mol. The maximum absolute atomic E-state index is 10.9. The lowest BCUT2D eigenvalue weighted by Gasteiger charge is -1.94. The molecule has 0 unspecified atom stereocenters. The van der Waals surface area contributed by atoms with E-state index in [4.69, 9.17) is 0 Å². The number of carbonyl (C=O) groups excluding carboxylic acids is 1. The summed E-state index contributed by atoms with van der Waals surface area (Å²) in [6.07, 6.45) is 10.2. The van der Waals surface area contributed by atoms with E-state index in [1.54, 1.807) is 0 Å². The Labute approximate surface area is 97.5 Å². The molecule has 16 heavy (non-hydrogen) atoms. The third kappa shape index (κ3) is 4.74. The standard InChI is InChI=1S/C15H18O/c1-2-3-4-6-11-15(13-16)12-14-9-7-5-8-10-14/h5-13H,2-4H2,1H3. The number of allylic oxidation sites excluding steroid dienone is 3. The van der Waals surface area contributed by atoms with Gasteiger partial charge in [-0.05, 0) is 18.1 Å². The summed E-state index contributed by atoms with van der Waals surface area (Å²) in [5.74, 6) is 0. The van der Waals surface area contributed by atoms with Crippen LogP contribution in [-0.4, -0.2) is 6.29 Å². The van der Waals surface area contributed by atoms with Crippen molar-refractivity contribution in [2.24, 2.45) is 0 Å². The SMILES string of the molecule is CCCCC=CC(C=O)=Cc1ccccc1. The lowest BCUT2D eigenvalue weighted by Crippen LogP contribution is -1.80. The molecule has 84 valence electrons. The molecule has 1 heteroatoms.